The van der Waals surface area contributed by atoms with E-state index in [2.05, 4.69) is 0 Å². The normalized spacial score (nSPS) is 18.0. The van der Waals surface area contributed by atoms with Gasteiger partial charge in [0.2, 0.25) is 11.8 Å². The Hall–Kier alpha value is -2.09. The minimum atomic E-state index is -0.461. The van der Waals surface area contributed by atoms with Crippen molar-refractivity contribution in [2.75, 3.05) is 18.8 Å². The second-order valence-electron chi connectivity index (χ2n) is 5.12. The van der Waals surface area contributed by atoms with E-state index in [1.807, 2.05) is 0 Å². The first-order chi connectivity index (χ1) is 10.5. The maximum absolute atomic E-state index is 12.2. The Morgan fingerprint density at radius 1 is 1.36 bits per heavy atom. The maximum atomic E-state index is 12.2. The molecule has 0 bridgehead atoms. The van der Waals surface area contributed by atoms with Gasteiger partial charge in [-0.1, -0.05) is 0 Å². The molecule has 118 valence electrons. The van der Waals surface area contributed by atoms with Gasteiger partial charge in [-0.3, -0.25) is 19.7 Å². The molecule has 1 fully saturated rings. The first kappa shape index (κ1) is 16.3. The summed E-state index contributed by atoms with van der Waals surface area (Å²) in [4.78, 5) is 35.9. The molecule has 0 saturated carbocycles. The van der Waals surface area contributed by atoms with Crippen molar-refractivity contribution >= 4 is 29.3 Å². The summed E-state index contributed by atoms with van der Waals surface area (Å²) in [6.07, 6.45) is 1.51. The van der Waals surface area contributed by atoms with E-state index >= 15 is 0 Å². The Kier molecular flexibility index (Phi) is 5.37. The predicted octanol–water partition coefficient (Wildman–Crippen LogP) is 1.41. The molecule has 22 heavy (non-hydrogen) atoms. The molecule has 7 nitrogen and oxygen atoms in total. The van der Waals surface area contributed by atoms with Crippen molar-refractivity contribution in [3.8, 4) is 0 Å². The number of likely N-dealkylation sites (tertiary alicyclic amines) is 1. The summed E-state index contributed by atoms with van der Waals surface area (Å²) in [5, 5.41) is 10.6. The zero-order valence-corrected chi connectivity index (χ0v) is 12.8. The van der Waals surface area contributed by atoms with Gasteiger partial charge in [-0.05, 0) is 25.0 Å². The Bertz CT molecular complexity index is 576. The highest BCUT2D eigenvalue weighted by Gasteiger charge is 2.26. The average molecular weight is 323 g/mol. The third kappa shape index (κ3) is 4.20. The largest absolute Gasteiger partial charge is 0.369 e. The molecule has 1 unspecified atom stereocenters. The molecule has 1 aromatic rings. The molecule has 1 aliphatic heterocycles. The van der Waals surface area contributed by atoms with Crippen LogP contribution in [0.3, 0.4) is 0 Å². The number of primary amides is 1. The van der Waals surface area contributed by atoms with Crippen molar-refractivity contribution in [1.82, 2.24) is 4.90 Å². The summed E-state index contributed by atoms with van der Waals surface area (Å²) in [6, 6.07) is 6.07. The van der Waals surface area contributed by atoms with Gasteiger partial charge in [0.15, 0.2) is 0 Å². The SMILES string of the molecule is NC(=O)C1CCCN(C(=O)CSc2ccc([N+](=O)[O-])cc2)C1. The molecule has 1 atom stereocenters. The van der Waals surface area contributed by atoms with E-state index in [1.165, 1.54) is 23.9 Å². The number of carbonyl (C=O) groups is 2. The highest BCUT2D eigenvalue weighted by molar-refractivity contribution is 8.00. The molecule has 0 spiro atoms. The molecule has 0 radical (unpaired) electrons. The molecule has 8 heteroatoms. The summed E-state index contributed by atoms with van der Waals surface area (Å²) in [6.45, 7) is 1.03. The highest BCUT2D eigenvalue weighted by atomic mass is 32.2. The van der Waals surface area contributed by atoms with E-state index in [9.17, 15) is 19.7 Å². The standard InChI is InChI=1S/C14H17N3O4S/c15-14(19)10-2-1-7-16(8-10)13(18)9-22-12-5-3-11(4-6-12)17(20)21/h3-6,10H,1-2,7-9H2,(H2,15,19). The number of hydrogen-bond donors (Lipinski definition) is 1. The van der Waals surface area contributed by atoms with Crippen LogP contribution < -0.4 is 5.73 Å². The van der Waals surface area contributed by atoms with Crippen molar-refractivity contribution in [1.29, 1.82) is 0 Å². The van der Waals surface area contributed by atoms with Crippen molar-refractivity contribution in [2.45, 2.75) is 17.7 Å². The summed E-state index contributed by atoms with van der Waals surface area (Å²) >= 11 is 1.32. The van der Waals surface area contributed by atoms with Gasteiger partial charge in [-0.2, -0.15) is 0 Å². The lowest BCUT2D eigenvalue weighted by molar-refractivity contribution is -0.384. The van der Waals surface area contributed by atoms with E-state index in [0.717, 1.165) is 17.7 Å². The molecule has 1 saturated heterocycles. The monoisotopic (exact) mass is 323 g/mol. The minimum Gasteiger partial charge on any atom is -0.369 e. The Balaban J connectivity index is 1.86. The molecular formula is C14H17N3O4S. The lowest BCUT2D eigenvalue weighted by Crippen LogP contribution is -2.44. The van der Waals surface area contributed by atoms with Gasteiger partial charge >= 0.3 is 0 Å². The number of hydrogen-bond acceptors (Lipinski definition) is 5. The molecule has 2 N–H and O–H groups in total. The molecular weight excluding hydrogens is 306 g/mol. The van der Waals surface area contributed by atoms with Gasteiger partial charge in [0.05, 0.1) is 16.6 Å². The third-order valence-electron chi connectivity index (χ3n) is 3.59. The lowest BCUT2D eigenvalue weighted by Gasteiger charge is -2.31. The van der Waals surface area contributed by atoms with E-state index in [-0.39, 0.29) is 29.2 Å². The Morgan fingerprint density at radius 3 is 2.64 bits per heavy atom. The molecule has 0 aliphatic carbocycles. The lowest BCUT2D eigenvalue weighted by atomic mass is 9.97. The van der Waals surface area contributed by atoms with Crippen molar-refractivity contribution in [3.05, 3.63) is 34.4 Å². The van der Waals surface area contributed by atoms with Crippen LogP contribution in [0.1, 0.15) is 12.8 Å². The van der Waals surface area contributed by atoms with Crippen LogP contribution in [0.15, 0.2) is 29.2 Å². The number of amides is 2. The first-order valence-electron chi connectivity index (χ1n) is 6.91. The molecule has 2 rings (SSSR count). The van der Waals surface area contributed by atoms with Gasteiger partial charge in [-0.25, -0.2) is 0 Å². The minimum absolute atomic E-state index is 0.0241. The second kappa shape index (κ2) is 7.26. The van der Waals surface area contributed by atoms with Crippen LogP contribution in [0.4, 0.5) is 5.69 Å². The number of nitrogens with two attached hydrogens (primary N) is 1. The molecule has 1 aliphatic rings. The number of rotatable bonds is 5. The van der Waals surface area contributed by atoms with E-state index in [4.69, 9.17) is 5.73 Å². The number of thioether (sulfide) groups is 1. The fourth-order valence-electron chi connectivity index (χ4n) is 2.34. The number of nitro groups is 1. The smallest absolute Gasteiger partial charge is 0.269 e. The molecule has 0 aromatic heterocycles. The van der Waals surface area contributed by atoms with Crippen LogP contribution in [0.2, 0.25) is 0 Å². The second-order valence-corrected chi connectivity index (χ2v) is 6.17. The quantitative estimate of drug-likeness (QED) is 0.501. The predicted molar refractivity (Wildman–Crippen MR) is 82.3 cm³/mol. The fraction of sp³-hybridized carbons (Fsp3) is 0.429. The average Bonchev–Trinajstić information content (AvgIpc) is 2.53. The van der Waals surface area contributed by atoms with E-state index < -0.39 is 4.92 Å². The van der Waals surface area contributed by atoms with Gasteiger partial charge in [0.25, 0.3) is 5.69 Å². The summed E-state index contributed by atoms with van der Waals surface area (Å²) < 4.78 is 0. The first-order valence-corrected chi connectivity index (χ1v) is 7.90. The van der Waals surface area contributed by atoms with E-state index in [0.29, 0.717) is 13.1 Å². The third-order valence-corrected chi connectivity index (χ3v) is 4.58. The zero-order valence-electron chi connectivity index (χ0n) is 11.9. The molecule has 1 heterocycles. The zero-order chi connectivity index (χ0) is 16.1. The summed E-state index contributed by atoms with van der Waals surface area (Å²) in [5.41, 5.74) is 5.32. The maximum Gasteiger partial charge on any atom is 0.269 e. The number of nitro benzene ring substituents is 1. The summed E-state index contributed by atoms with van der Waals surface area (Å²) in [5.74, 6) is -0.430. The number of nitrogens with zero attached hydrogens (tertiary/aromatic N) is 2. The molecule has 1 aromatic carbocycles. The van der Waals surface area contributed by atoms with Crippen molar-refractivity contribution < 1.29 is 14.5 Å². The van der Waals surface area contributed by atoms with Crippen LogP contribution in [-0.4, -0.2) is 40.5 Å². The number of non-ortho nitro benzene ring substituents is 1. The van der Waals surface area contributed by atoms with Crippen LogP contribution in [0.25, 0.3) is 0 Å². The van der Waals surface area contributed by atoms with Gasteiger partial charge in [0.1, 0.15) is 0 Å². The number of carbonyl (C=O) groups excluding carboxylic acids is 2. The van der Waals surface area contributed by atoms with Crippen LogP contribution in [0, 0.1) is 16.0 Å². The summed E-state index contributed by atoms with van der Waals surface area (Å²) in [7, 11) is 0. The topological polar surface area (TPSA) is 107 Å². The van der Waals surface area contributed by atoms with Gasteiger partial charge in [0, 0.05) is 30.1 Å². The van der Waals surface area contributed by atoms with Crippen molar-refractivity contribution in [2.24, 2.45) is 11.7 Å². The van der Waals surface area contributed by atoms with Crippen molar-refractivity contribution in [3.63, 3.8) is 0 Å². The fourth-order valence-corrected chi connectivity index (χ4v) is 3.14. The van der Waals surface area contributed by atoms with Gasteiger partial charge < -0.3 is 10.6 Å². The molecule has 2 amide bonds. The number of benzene rings is 1. The van der Waals surface area contributed by atoms with Crippen LogP contribution >= 0.6 is 11.8 Å². The highest BCUT2D eigenvalue weighted by Crippen LogP contribution is 2.23. The Labute approximate surface area is 132 Å². The Morgan fingerprint density at radius 2 is 2.05 bits per heavy atom. The van der Waals surface area contributed by atoms with Crippen LogP contribution in [0.5, 0.6) is 0 Å². The number of piperidine rings is 1. The van der Waals surface area contributed by atoms with Gasteiger partial charge in [-0.15, -0.1) is 11.8 Å². The van der Waals surface area contributed by atoms with E-state index in [1.54, 1.807) is 17.0 Å². The van der Waals surface area contributed by atoms with Crippen LogP contribution in [-0.2, 0) is 9.59 Å².